The molecule has 2 aliphatic rings. The molecule has 1 aliphatic heterocycles. The van der Waals surface area contributed by atoms with Gasteiger partial charge in [-0.3, -0.25) is 4.79 Å². The van der Waals surface area contributed by atoms with E-state index < -0.39 is 0 Å². The number of carbonyl (C=O) groups excluding carboxylic acids is 1. The number of thiazole rings is 1. The molecule has 1 atom stereocenters. The second kappa shape index (κ2) is 7.59. The molecule has 2 heterocycles. The third kappa shape index (κ3) is 3.45. The van der Waals surface area contributed by atoms with Crippen LogP contribution in [0.5, 0.6) is 0 Å². The number of halogens is 2. The van der Waals surface area contributed by atoms with Crippen LogP contribution in [0.4, 0.5) is 0 Å². The first-order valence-corrected chi connectivity index (χ1v) is 7.61. The average Bonchev–Trinajstić information content (AvgIpc) is 3.12. The lowest BCUT2D eigenvalue weighted by Crippen LogP contribution is -2.46. The molecule has 1 saturated heterocycles. The maximum atomic E-state index is 12.3. The molecule has 0 aromatic carbocycles. The molecule has 1 aromatic heterocycles. The Morgan fingerprint density at radius 2 is 2.15 bits per heavy atom. The molecule has 0 spiro atoms. The van der Waals surface area contributed by atoms with E-state index >= 15 is 0 Å². The quantitative estimate of drug-likeness (QED) is 0.890. The van der Waals surface area contributed by atoms with Crippen LogP contribution in [0.25, 0.3) is 0 Å². The van der Waals surface area contributed by atoms with E-state index in [-0.39, 0.29) is 42.2 Å². The first kappa shape index (κ1) is 17.7. The zero-order valence-corrected chi connectivity index (χ0v) is 13.7. The molecule has 0 radical (unpaired) electrons. The molecule has 1 unspecified atom stereocenters. The van der Waals surface area contributed by atoms with E-state index in [1.165, 1.54) is 12.8 Å². The van der Waals surface area contributed by atoms with Gasteiger partial charge in [0, 0.05) is 18.1 Å². The fourth-order valence-electron chi connectivity index (χ4n) is 3.05. The van der Waals surface area contributed by atoms with Gasteiger partial charge < -0.3 is 10.6 Å². The van der Waals surface area contributed by atoms with Gasteiger partial charge >= 0.3 is 0 Å². The zero-order valence-electron chi connectivity index (χ0n) is 11.3. The van der Waals surface area contributed by atoms with Gasteiger partial charge in [0.05, 0.1) is 11.5 Å². The van der Waals surface area contributed by atoms with Crippen molar-refractivity contribution in [3.8, 4) is 0 Å². The van der Waals surface area contributed by atoms with Gasteiger partial charge in [0.2, 0.25) is 5.91 Å². The minimum absolute atomic E-state index is 0. The van der Waals surface area contributed by atoms with Gasteiger partial charge in [0.15, 0.2) is 0 Å². The smallest absolute Gasteiger partial charge is 0.225 e. The van der Waals surface area contributed by atoms with E-state index in [2.05, 4.69) is 15.6 Å². The predicted octanol–water partition coefficient (Wildman–Crippen LogP) is 2.48. The maximum Gasteiger partial charge on any atom is 0.225 e. The number of nitrogens with one attached hydrogen (secondary N) is 2. The van der Waals surface area contributed by atoms with E-state index in [0.29, 0.717) is 0 Å². The van der Waals surface area contributed by atoms with Crippen LogP contribution in [0, 0.1) is 5.92 Å². The molecule has 4 nitrogen and oxygen atoms in total. The Labute approximate surface area is 135 Å². The lowest BCUT2D eigenvalue weighted by atomic mass is 9.96. The summed E-state index contributed by atoms with van der Waals surface area (Å²) in [7, 11) is 0. The average molecular weight is 338 g/mol. The summed E-state index contributed by atoms with van der Waals surface area (Å²) in [5.41, 5.74) is -0.173. The van der Waals surface area contributed by atoms with Gasteiger partial charge in [-0.2, -0.15) is 0 Å². The van der Waals surface area contributed by atoms with Gasteiger partial charge in [-0.15, -0.1) is 36.2 Å². The molecule has 1 aromatic rings. The van der Waals surface area contributed by atoms with Crippen LogP contribution >= 0.6 is 36.2 Å². The molecular weight excluding hydrogens is 317 g/mol. The summed E-state index contributed by atoms with van der Waals surface area (Å²) in [6.45, 7) is 1.78. The standard InChI is InChI=1S/C13H19N3OS.2ClH/c17-11(10-3-6-14-9-10)16-13(4-1-2-5-13)12-15-7-8-18-12;;/h7-8,10,14H,1-6,9H2,(H,16,17);2*1H. The summed E-state index contributed by atoms with van der Waals surface area (Å²) < 4.78 is 0. The number of carbonyl (C=O) groups is 1. The van der Waals surface area contributed by atoms with Crippen LogP contribution in [-0.2, 0) is 10.3 Å². The molecule has 0 bridgehead atoms. The predicted molar refractivity (Wildman–Crippen MR) is 85.9 cm³/mol. The van der Waals surface area contributed by atoms with Crippen molar-refractivity contribution in [3.05, 3.63) is 16.6 Å². The minimum atomic E-state index is -0.173. The molecular formula is C13H21Cl2N3OS. The highest BCUT2D eigenvalue weighted by atomic mass is 35.5. The number of aromatic nitrogens is 1. The van der Waals surface area contributed by atoms with Crippen LogP contribution in [-0.4, -0.2) is 24.0 Å². The fourth-order valence-corrected chi connectivity index (χ4v) is 3.90. The molecule has 114 valence electrons. The minimum Gasteiger partial charge on any atom is -0.344 e. The van der Waals surface area contributed by atoms with Crippen LogP contribution in [0.3, 0.4) is 0 Å². The van der Waals surface area contributed by atoms with Crippen LogP contribution in [0.1, 0.15) is 37.1 Å². The molecule has 1 aliphatic carbocycles. The third-order valence-corrected chi connectivity index (χ3v) is 5.07. The molecule has 1 saturated carbocycles. The zero-order chi connectivity index (χ0) is 12.4. The van der Waals surface area contributed by atoms with Gasteiger partial charge in [-0.1, -0.05) is 12.8 Å². The monoisotopic (exact) mass is 337 g/mol. The number of hydrogen-bond donors (Lipinski definition) is 2. The molecule has 2 N–H and O–H groups in total. The largest absolute Gasteiger partial charge is 0.344 e. The fraction of sp³-hybridized carbons (Fsp3) is 0.692. The van der Waals surface area contributed by atoms with E-state index in [0.717, 1.165) is 37.4 Å². The van der Waals surface area contributed by atoms with E-state index in [1.807, 2.05) is 11.6 Å². The Morgan fingerprint density at radius 3 is 2.70 bits per heavy atom. The maximum absolute atomic E-state index is 12.3. The summed E-state index contributed by atoms with van der Waals surface area (Å²) in [4.78, 5) is 16.8. The highest BCUT2D eigenvalue weighted by molar-refractivity contribution is 7.09. The van der Waals surface area contributed by atoms with Gasteiger partial charge in [-0.05, 0) is 25.8 Å². The molecule has 3 rings (SSSR count). The second-order valence-corrected chi connectivity index (χ2v) is 6.20. The van der Waals surface area contributed by atoms with E-state index in [9.17, 15) is 4.79 Å². The van der Waals surface area contributed by atoms with Crippen molar-refractivity contribution >= 4 is 42.1 Å². The summed E-state index contributed by atoms with van der Waals surface area (Å²) in [5, 5.41) is 9.64. The van der Waals surface area contributed by atoms with Crippen LogP contribution in [0.2, 0.25) is 0 Å². The van der Waals surface area contributed by atoms with Gasteiger partial charge in [-0.25, -0.2) is 4.98 Å². The number of amides is 1. The molecule has 1 amide bonds. The topological polar surface area (TPSA) is 54.0 Å². The van der Waals surface area contributed by atoms with E-state index in [4.69, 9.17) is 0 Å². The van der Waals surface area contributed by atoms with E-state index in [1.54, 1.807) is 11.3 Å². The Morgan fingerprint density at radius 1 is 1.40 bits per heavy atom. The molecule has 20 heavy (non-hydrogen) atoms. The summed E-state index contributed by atoms with van der Waals surface area (Å²) in [6.07, 6.45) is 7.23. The second-order valence-electron chi connectivity index (χ2n) is 5.31. The summed E-state index contributed by atoms with van der Waals surface area (Å²) in [6, 6.07) is 0. The normalized spacial score (nSPS) is 23.7. The SMILES string of the molecule is Cl.Cl.O=C(NC1(c2nccs2)CCCC1)C1CCNC1. The lowest BCUT2D eigenvalue weighted by molar-refractivity contribution is -0.126. The van der Waals surface area contributed by atoms with Crippen molar-refractivity contribution in [2.24, 2.45) is 5.92 Å². The first-order chi connectivity index (χ1) is 8.80. The van der Waals surface area contributed by atoms with Crippen molar-refractivity contribution in [2.75, 3.05) is 13.1 Å². The van der Waals surface area contributed by atoms with Gasteiger partial charge in [0.1, 0.15) is 5.01 Å². The number of hydrogen-bond acceptors (Lipinski definition) is 4. The van der Waals surface area contributed by atoms with Crippen molar-refractivity contribution in [2.45, 2.75) is 37.6 Å². The lowest BCUT2D eigenvalue weighted by Gasteiger charge is -2.29. The van der Waals surface area contributed by atoms with Crippen LogP contribution in [0.15, 0.2) is 11.6 Å². The first-order valence-electron chi connectivity index (χ1n) is 6.73. The molecule has 7 heteroatoms. The Bertz CT molecular complexity index is 415. The number of rotatable bonds is 3. The van der Waals surface area contributed by atoms with Crippen LogP contribution < -0.4 is 10.6 Å². The Balaban J connectivity index is 0.000001000. The highest BCUT2D eigenvalue weighted by Crippen LogP contribution is 2.39. The summed E-state index contributed by atoms with van der Waals surface area (Å²) in [5.74, 6) is 0.347. The Hall–Kier alpha value is -0.360. The van der Waals surface area contributed by atoms with Crippen molar-refractivity contribution in [3.63, 3.8) is 0 Å². The Kier molecular flexibility index (Phi) is 6.72. The number of nitrogens with zero attached hydrogens (tertiary/aromatic N) is 1. The molecule has 2 fully saturated rings. The van der Waals surface area contributed by atoms with Crippen molar-refractivity contribution < 1.29 is 4.79 Å². The third-order valence-electron chi connectivity index (χ3n) is 4.09. The summed E-state index contributed by atoms with van der Waals surface area (Å²) >= 11 is 1.66. The van der Waals surface area contributed by atoms with Crippen molar-refractivity contribution in [1.82, 2.24) is 15.6 Å². The van der Waals surface area contributed by atoms with Gasteiger partial charge in [0.25, 0.3) is 0 Å². The van der Waals surface area contributed by atoms with Crippen molar-refractivity contribution in [1.29, 1.82) is 0 Å². The highest BCUT2D eigenvalue weighted by Gasteiger charge is 2.40.